The summed E-state index contributed by atoms with van der Waals surface area (Å²) < 4.78 is 16.0. The van der Waals surface area contributed by atoms with Crippen molar-refractivity contribution in [3.63, 3.8) is 0 Å². The molecule has 1 heterocycles. The maximum absolute atomic E-state index is 12.8. The van der Waals surface area contributed by atoms with E-state index < -0.39 is 0 Å². The molecule has 2 aromatic rings. The normalized spacial score (nSPS) is 10.9. The average molecular weight is 182 g/mol. The van der Waals surface area contributed by atoms with Crippen molar-refractivity contribution in [2.75, 3.05) is 0 Å². The maximum atomic E-state index is 12.8. The average Bonchev–Trinajstić information content (AvgIpc) is 2.31. The van der Waals surface area contributed by atoms with Gasteiger partial charge in [-0.25, -0.2) is 4.39 Å². The zero-order valence-corrected chi connectivity index (χ0v) is 7.78. The highest BCUT2D eigenvalue weighted by Crippen LogP contribution is 2.19. The third kappa shape index (κ3) is 1.01. The van der Waals surface area contributed by atoms with Gasteiger partial charge in [0.25, 0.3) is 0 Å². The molecule has 62 valence electrons. The fraction of sp³-hybridized carbons (Fsp3) is 0.222. The Morgan fingerprint density at radius 2 is 2.17 bits per heavy atom. The van der Waals surface area contributed by atoms with Gasteiger partial charge in [0.05, 0.1) is 0 Å². The largest absolute Gasteiger partial charge is 0.234 e. The first-order valence-electron chi connectivity index (χ1n) is 3.73. The monoisotopic (exact) mass is 182 g/mol. The van der Waals surface area contributed by atoms with Gasteiger partial charge in [-0.2, -0.15) is 4.57 Å². The van der Waals surface area contributed by atoms with Gasteiger partial charge < -0.3 is 0 Å². The summed E-state index contributed by atoms with van der Waals surface area (Å²) in [7, 11) is 1.95. The van der Waals surface area contributed by atoms with Crippen LogP contribution in [0.4, 0.5) is 4.39 Å². The second-order valence-corrected chi connectivity index (χ2v) is 4.03. The smallest absolute Gasteiger partial charge is 0.207 e. The number of hydrogen-bond acceptors (Lipinski definition) is 1. The van der Waals surface area contributed by atoms with Crippen molar-refractivity contribution >= 4 is 21.6 Å². The lowest BCUT2D eigenvalue weighted by molar-refractivity contribution is -0.646. The zero-order chi connectivity index (χ0) is 8.72. The molecule has 0 unspecified atom stereocenters. The number of thiazole rings is 1. The Morgan fingerprint density at radius 3 is 2.92 bits per heavy atom. The van der Waals surface area contributed by atoms with Crippen LogP contribution in [0.1, 0.15) is 5.01 Å². The number of benzene rings is 1. The summed E-state index contributed by atoms with van der Waals surface area (Å²) in [6.07, 6.45) is 0. The molecule has 3 heteroatoms. The Balaban J connectivity index is 2.88. The second kappa shape index (κ2) is 2.52. The Bertz CT molecular complexity index is 433. The fourth-order valence-electron chi connectivity index (χ4n) is 1.24. The van der Waals surface area contributed by atoms with Crippen molar-refractivity contribution in [1.29, 1.82) is 0 Å². The van der Waals surface area contributed by atoms with Crippen molar-refractivity contribution in [3.05, 3.63) is 29.0 Å². The van der Waals surface area contributed by atoms with Gasteiger partial charge in [-0.15, -0.1) is 0 Å². The first-order chi connectivity index (χ1) is 5.68. The van der Waals surface area contributed by atoms with E-state index in [4.69, 9.17) is 0 Å². The van der Waals surface area contributed by atoms with Crippen LogP contribution in [0.2, 0.25) is 0 Å². The Labute approximate surface area is 74.1 Å². The van der Waals surface area contributed by atoms with Crippen LogP contribution >= 0.6 is 11.3 Å². The molecule has 0 saturated carbocycles. The lowest BCUT2D eigenvalue weighted by Crippen LogP contribution is -2.28. The number of fused-ring (bicyclic) bond motifs is 1. The predicted molar refractivity (Wildman–Crippen MR) is 47.7 cm³/mol. The highest BCUT2D eigenvalue weighted by molar-refractivity contribution is 7.18. The van der Waals surface area contributed by atoms with Gasteiger partial charge in [-0.3, -0.25) is 0 Å². The van der Waals surface area contributed by atoms with Crippen molar-refractivity contribution in [2.45, 2.75) is 6.92 Å². The molecule has 1 aromatic carbocycles. The molecule has 0 atom stereocenters. The minimum atomic E-state index is -0.170. The van der Waals surface area contributed by atoms with Gasteiger partial charge in [-0.05, 0) is 12.1 Å². The number of aromatic nitrogens is 1. The van der Waals surface area contributed by atoms with E-state index in [2.05, 4.69) is 0 Å². The molecule has 0 saturated heterocycles. The van der Waals surface area contributed by atoms with Gasteiger partial charge in [0.15, 0.2) is 0 Å². The predicted octanol–water partition coefficient (Wildman–Crippen LogP) is 2.17. The molecular formula is C9H9FNS+. The molecule has 0 amide bonds. The minimum absolute atomic E-state index is 0.170. The molecule has 2 rings (SSSR count). The highest BCUT2D eigenvalue weighted by Gasteiger charge is 2.12. The van der Waals surface area contributed by atoms with E-state index in [9.17, 15) is 4.39 Å². The molecule has 0 fully saturated rings. The van der Waals surface area contributed by atoms with Crippen LogP contribution < -0.4 is 4.57 Å². The molecule has 0 radical (unpaired) electrons. The van der Waals surface area contributed by atoms with Crippen LogP contribution in [0.5, 0.6) is 0 Å². The van der Waals surface area contributed by atoms with Crippen LogP contribution in [0.3, 0.4) is 0 Å². The molecule has 0 aliphatic heterocycles. The van der Waals surface area contributed by atoms with E-state index in [1.165, 1.54) is 11.1 Å². The molecule has 0 bridgehead atoms. The van der Waals surface area contributed by atoms with Crippen LogP contribution in [-0.4, -0.2) is 0 Å². The molecule has 0 spiro atoms. The van der Waals surface area contributed by atoms with Crippen LogP contribution in [0.25, 0.3) is 10.2 Å². The SMILES string of the molecule is Cc1sc2ccc(F)cc2[n+]1C. The molecule has 1 aromatic heterocycles. The van der Waals surface area contributed by atoms with E-state index in [0.717, 1.165) is 10.2 Å². The van der Waals surface area contributed by atoms with Crippen molar-refractivity contribution in [3.8, 4) is 0 Å². The summed E-state index contributed by atoms with van der Waals surface area (Å²) in [5.41, 5.74) is 0.970. The summed E-state index contributed by atoms with van der Waals surface area (Å²) in [4.78, 5) is 0. The molecular weight excluding hydrogens is 173 g/mol. The number of rotatable bonds is 0. The van der Waals surface area contributed by atoms with Gasteiger partial charge in [0.2, 0.25) is 10.5 Å². The van der Waals surface area contributed by atoms with Gasteiger partial charge in [-0.1, -0.05) is 11.3 Å². The molecule has 0 aliphatic carbocycles. The van der Waals surface area contributed by atoms with Crippen LogP contribution in [0.15, 0.2) is 18.2 Å². The minimum Gasteiger partial charge on any atom is -0.207 e. The number of hydrogen-bond donors (Lipinski definition) is 0. The topological polar surface area (TPSA) is 3.88 Å². The molecule has 0 aliphatic rings. The summed E-state index contributed by atoms with van der Waals surface area (Å²) in [6, 6.07) is 4.89. The zero-order valence-electron chi connectivity index (χ0n) is 6.97. The molecule has 12 heavy (non-hydrogen) atoms. The molecule has 0 N–H and O–H groups in total. The fourth-order valence-corrected chi connectivity index (χ4v) is 2.23. The third-order valence-electron chi connectivity index (χ3n) is 2.01. The van der Waals surface area contributed by atoms with Crippen LogP contribution in [-0.2, 0) is 7.05 Å². The van der Waals surface area contributed by atoms with Crippen molar-refractivity contribution < 1.29 is 8.96 Å². The second-order valence-electron chi connectivity index (χ2n) is 2.79. The van der Waals surface area contributed by atoms with E-state index in [-0.39, 0.29) is 5.82 Å². The van der Waals surface area contributed by atoms with E-state index in [1.807, 2.05) is 24.6 Å². The number of nitrogens with zero attached hydrogens (tertiary/aromatic N) is 1. The lowest BCUT2D eigenvalue weighted by atomic mass is 10.3. The van der Waals surface area contributed by atoms with Gasteiger partial charge in [0.1, 0.15) is 17.6 Å². The summed E-state index contributed by atoms with van der Waals surface area (Å²) in [5.74, 6) is -0.170. The van der Waals surface area contributed by atoms with Crippen molar-refractivity contribution in [1.82, 2.24) is 0 Å². The Hall–Kier alpha value is -0.960. The van der Waals surface area contributed by atoms with E-state index in [0.29, 0.717) is 0 Å². The summed E-state index contributed by atoms with van der Waals surface area (Å²) in [5, 5.41) is 1.19. The van der Waals surface area contributed by atoms with Crippen LogP contribution in [0, 0.1) is 12.7 Å². The van der Waals surface area contributed by atoms with Gasteiger partial charge >= 0.3 is 0 Å². The Kier molecular flexibility index (Phi) is 1.61. The first-order valence-corrected chi connectivity index (χ1v) is 4.55. The summed E-state index contributed by atoms with van der Waals surface area (Å²) >= 11 is 1.68. The third-order valence-corrected chi connectivity index (χ3v) is 3.15. The van der Waals surface area contributed by atoms with Crippen molar-refractivity contribution in [2.24, 2.45) is 7.05 Å². The van der Waals surface area contributed by atoms with Gasteiger partial charge in [0, 0.05) is 13.0 Å². The van der Waals surface area contributed by atoms with E-state index in [1.54, 1.807) is 17.4 Å². The Morgan fingerprint density at radius 1 is 1.42 bits per heavy atom. The number of aryl methyl sites for hydroxylation is 2. The standard InChI is InChI=1S/C9H9FNS/c1-6-11(2)8-5-7(10)3-4-9(8)12-6/h3-5H,1-2H3/q+1. The molecule has 1 nitrogen and oxygen atoms in total. The highest BCUT2D eigenvalue weighted by atomic mass is 32.1. The van der Waals surface area contributed by atoms with E-state index >= 15 is 0 Å². The maximum Gasteiger partial charge on any atom is 0.234 e. The first kappa shape index (κ1) is 7.68. The number of halogens is 1. The lowest BCUT2D eigenvalue weighted by Gasteiger charge is -1.86. The summed E-state index contributed by atoms with van der Waals surface area (Å²) in [6.45, 7) is 2.03. The quantitative estimate of drug-likeness (QED) is 0.550.